The lowest BCUT2D eigenvalue weighted by Gasteiger charge is -2.07. The maximum atomic E-state index is 12.9. The van der Waals surface area contributed by atoms with E-state index in [0.717, 1.165) is 0 Å². The highest BCUT2D eigenvalue weighted by molar-refractivity contribution is 5.41. The summed E-state index contributed by atoms with van der Waals surface area (Å²) in [6.45, 7) is -0.255. The lowest BCUT2D eigenvalue weighted by Crippen LogP contribution is -2.08. The topological polar surface area (TPSA) is 62.7 Å². The maximum Gasteiger partial charge on any atom is 0.267 e. The molecule has 0 radical (unpaired) electrons. The van der Waals surface area contributed by atoms with Crippen LogP contribution in [0.15, 0.2) is 6.20 Å². The molecule has 0 amide bonds. The molecule has 0 unspecified atom stereocenters. The number of alkyl halides is 2. The van der Waals surface area contributed by atoms with Crippen molar-refractivity contribution in [3.63, 3.8) is 0 Å². The van der Waals surface area contributed by atoms with Crippen molar-refractivity contribution in [3.8, 4) is 6.07 Å². The van der Waals surface area contributed by atoms with Crippen molar-refractivity contribution < 1.29 is 13.2 Å². The van der Waals surface area contributed by atoms with Gasteiger partial charge in [0.25, 0.3) is 6.43 Å². The van der Waals surface area contributed by atoms with E-state index < -0.39 is 23.4 Å². The molecule has 3 nitrogen and oxygen atoms in total. The average molecular weight is 201 g/mol. The van der Waals surface area contributed by atoms with Crippen LogP contribution >= 0.6 is 0 Å². The van der Waals surface area contributed by atoms with Crippen LogP contribution in [0, 0.1) is 17.1 Å². The highest BCUT2D eigenvalue weighted by Gasteiger charge is 2.21. The lowest BCUT2D eigenvalue weighted by atomic mass is 10.1. The van der Waals surface area contributed by atoms with Crippen LogP contribution < -0.4 is 5.73 Å². The lowest BCUT2D eigenvalue weighted by molar-refractivity contribution is 0.148. The zero-order valence-corrected chi connectivity index (χ0v) is 6.97. The minimum atomic E-state index is -2.95. The number of hydrogen-bond donors (Lipinski definition) is 1. The van der Waals surface area contributed by atoms with Gasteiger partial charge in [0.1, 0.15) is 11.6 Å². The van der Waals surface area contributed by atoms with Crippen LogP contribution in [0.2, 0.25) is 0 Å². The fourth-order valence-corrected chi connectivity index (χ4v) is 1.05. The second kappa shape index (κ2) is 4.07. The summed E-state index contributed by atoms with van der Waals surface area (Å²) < 4.78 is 37.7. The molecule has 0 atom stereocenters. The van der Waals surface area contributed by atoms with E-state index in [1.165, 1.54) is 6.07 Å². The summed E-state index contributed by atoms with van der Waals surface area (Å²) in [4.78, 5) is 3.40. The molecule has 0 aliphatic heterocycles. The molecule has 0 spiro atoms. The van der Waals surface area contributed by atoms with Crippen LogP contribution in [0.5, 0.6) is 0 Å². The Kier molecular flexibility index (Phi) is 3.04. The first kappa shape index (κ1) is 10.5. The molecule has 1 rings (SSSR count). The molecule has 1 aromatic heterocycles. The van der Waals surface area contributed by atoms with Crippen molar-refractivity contribution in [1.82, 2.24) is 4.98 Å². The number of nitrogens with zero attached hydrogens (tertiary/aromatic N) is 2. The highest BCUT2D eigenvalue weighted by Crippen LogP contribution is 2.26. The molecule has 0 aliphatic rings. The van der Waals surface area contributed by atoms with Crippen LogP contribution in [0.4, 0.5) is 13.2 Å². The standard InChI is InChI=1S/C8H6F3N3/c9-5-3-14-6(2-13)7(8(10)11)4(5)1-12/h3,8H,2,13H2. The summed E-state index contributed by atoms with van der Waals surface area (Å²) >= 11 is 0. The number of hydrogen-bond acceptors (Lipinski definition) is 3. The number of aromatic nitrogens is 1. The monoisotopic (exact) mass is 201 g/mol. The maximum absolute atomic E-state index is 12.9. The third kappa shape index (κ3) is 1.67. The summed E-state index contributed by atoms with van der Waals surface area (Å²) in [6, 6.07) is 1.37. The molecule has 1 aromatic rings. The van der Waals surface area contributed by atoms with E-state index in [1.807, 2.05) is 0 Å². The predicted molar refractivity (Wildman–Crippen MR) is 41.8 cm³/mol. The van der Waals surface area contributed by atoms with Crippen molar-refractivity contribution in [2.45, 2.75) is 13.0 Å². The van der Waals surface area contributed by atoms with Gasteiger partial charge in [-0.3, -0.25) is 4.98 Å². The van der Waals surface area contributed by atoms with Crippen molar-refractivity contribution >= 4 is 0 Å². The van der Waals surface area contributed by atoms with Crippen LogP contribution in [0.1, 0.15) is 23.2 Å². The Balaban J connectivity index is 3.46. The minimum absolute atomic E-state index is 0.155. The van der Waals surface area contributed by atoms with Crippen LogP contribution in [0.3, 0.4) is 0 Å². The van der Waals surface area contributed by atoms with Gasteiger partial charge in [0.05, 0.1) is 17.5 Å². The second-order valence-corrected chi connectivity index (χ2v) is 2.46. The Morgan fingerprint density at radius 2 is 2.21 bits per heavy atom. The molecule has 0 fully saturated rings. The largest absolute Gasteiger partial charge is 0.325 e. The van der Waals surface area contributed by atoms with Crippen LogP contribution in [-0.4, -0.2) is 4.98 Å². The van der Waals surface area contributed by atoms with Gasteiger partial charge in [-0.1, -0.05) is 0 Å². The SMILES string of the molecule is N#Cc1c(F)cnc(CN)c1C(F)F. The smallest absolute Gasteiger partial charge is 0.267 e. The summed E-state index contributed by atoms with van der Waals surface area (Å²) in [5.74, 6) is -1.06. The normalized spacial score (nSPS) is 10.3. The van der Waals surface area contributed by atoms with Gasteiger partial charge in [-0.25, -0.2) is 13.2 Å². The number of rotatable bonds is 2. The number of halogens is 3. The molecule has 1 heterocycles. The van der Waals surface area contributed by atoms with Crippen LogP contribution in [0.25, 0.3) is 0 Å². The van der Waals surface area contributed by atoms with Crippen molar-refractivity contribution in [3.05, 3.63) is 28.8 Å². The van der Waals surface area contributed by atoms with Gasteiger partial charge in [-0.05, 0) is 0 Å². The summed E-state index contributed by atoms with van der Waals surface area (Å²) in [5.41, 5.74) is 3.58. The third-order valence-corrected chi connectivity index (χ3v) is 1.68. The van der Waals surface area contributed by atoms with E-state index in [2.05, 4.69) is 4.98 Å². The van der Waals surface area contributed by atoms with Gasteiger partial charge >= 0.3 is 0 Å². The van der Waals surface area contributed by atoms with E-state index >= 15 is 0 Å². The molecule has 6 heteroatoms. The zero-order valence-electron chi connectivity index (χ0n) is 6.97. The number of pyridine rings is 1. The quantitative estimate of drug-likeness (QED) is 0.788. The van der Waals surface area contributed by atoms with Gasteiger partial charge in [0.15, 0.2) is 5.82 Å². The molecule has 0 aliphatic carbocycles. The minimum Gasteiger partial charge on any atom is -0.325 e. The Hall–Kier alpha value is -1.61. The molecule has 0 bridgehead atoms. The highest BCUT2D eigenvalue weighted by atomic mass is 19.3. The van der Waals surface area contributed by atoms with Crippen molar-refractivity contribution in [2.24, 2.45) is 5.73 Å². The van der Waals surface area contributed by atoms with E-state index in [9.17, 15) is 13.2 Å². The van der Waals surface area contributed by atoms with Gasteiger partial charge < -0.3 is 5.73 Å². The van der Waals surface area contributed by atoms with E-state index in [0.29, 0.717) is 6.20 Å². The van der Waals surface area contributed by atoms with E-state index in [1.54, 1.807) is 0 Å². The average Bonchev–Trinajstić information content (AvgIpc) is 2.17. The Morgan fingerprint density at radius 1 is 1.57 bits per heavy atom. The van der Waals surface area contributed by atoms with Crippen LogP contribution in [-0.2, 0) is 6.54 Å². The van der Waals surface area contributed by atoms with Gasteiger partial charge in [0.2, 0.25) is 0 Å². The second-order valence-electron chi connectivity index (χ2n) is 2.46. The summed E-state index contributed by atoms with van der Waals surface area (Å²) in [7, 11) is 0. The Bertz CT molecular complexity index is 384. The van der Waals surface area contributed by atoms with Crippen molar-refractivity contribution in [1.29, 1.82) is 5.26 Å². The number of nitriles is 1. The first-order chi connectivity index (χ1) is 6.61. The number of nitrogens with two attached hydrogens (primary N) is 1. The summed E-state index contributed by atoms with van der Waals surface area (Å²) in [5, 5.41) is 8.48. The third-order valence-electron chi connectivity index (χ3n) is 1.68. The zero-order chi connectivity index (χ0) is 10.7. The van der Waals surface area contributed by atoms with Gasteiger partial charge in [-0.2, -0.15) is 5.26 Å². The Labute approximate surface area is 78.0 Å². The van der Waals surface area contributed by atoms with E-state index in [4.69, 9.17) is 11.0 Å². The molecule has 74 valence electrons. The molecule has 2 N–H and O–H groups in total. The molecule has 0 aromatic carbocycles. The molecule has 0 saturated carbocycles. The molecule has 0 saturated heterocycles. The fraction of sp³-hybridized carbons (Fsp3) is 0.250. The van der Waals surface area contributed by atoms with Crippen molar-refractivity contribution in [2.75, 3.05) is 0 Å². The first-order valence-corrected chi connectivity index (χ1v) is 3.67. The summed E-state index contributed by atoms with van der Waals surface area (Å²) in [6.07, 6.45) is -2.24. The Morgan fingerprint density at radius 3 is 2.64 bits per heavy atom. The van der Waals surface area contributed by atoms with Gasteiger partial charge in [0, 0.05) is 6.54 Å². The fourth-order valence-electron chi connectivity index (χ4n) is 1.05. The molecular weight excluding hydrogens is 195 g/mol. The first-order valence-electron chi connectivity index (χ1n) is 3.67. The molecular formula is C8H6F3N3. The van der Waals surface area contributed by atoms with E-state index in [-0.39, 0.29) is 12.2 Å². The van der Waals surface area contributed by atoms with Gasteiger partial charge in [-0.15, -0.1) is 0 Å². The predicted octanol–water partition coefficient (Wildman–Crippen LogP) is 1.49. The molecule has 14 heavy (non-hydrogen) atoms.